The molecule has 0 radical (unpaired) electrons. The maximum Gasteiger partial charge on any atom is 0.0431 e. The lowest BCUT2D eigenvalue weighted by Crippen LogP contribution is -1.84. The second-order valence-corrected chi connectivity index (χ2v) is 5.07. The first kappa shape index (κ1) is 17.4. The fourth-order valence-corrected chi connectivity index (χ4v) is 2.16. The third-order valence-electron chi connectivity index (χ3n) is 3.30. The van der Waals surface area contributed by atoms with Crippen molar-refractivity contribution in [2.24, 2.45) is 0 Å². The van der Waals surface area contributed by atoms with Gasteiger partial charge in [0.15, 0.2) is 0 Å². The standard InChI is InChI=1S/C17H32O/c1-2-3-4-5-6-7-8-9-10-11-12-13-14-15-16-17-18/h2-4,18H,1,5-17H2/b4-3+. The van der Waals surface area contributed by atoms with Crippen LogP contribution in [0.5, 0.6) is 0 Å². The molecule has 1 nitrogen and oxygen atoms in total. The summed E-state index contributed by atoms with van der Waals surface area (Å²) in [6.07, 6.45) is 21.8. The van der Waals surface area contributed by atoms with Crippen molar-refractivity contribution in [3.8, 4) is 0 Å². The lowest BCUT2D eigenvalue weighted by atomic mass is 10.1. The van der Waals surface area contributed by atoms with E-state index in [1.54, 1.807) is 0 Å². The maximum absolute atomic E-state index is 8.65. The monoisotopic (exact) mass is 252 g/mol. The number of hydrogen-bond donors (Lipinski definition) is 1. The normalized spacial score (nSPS) is 11.2. The highest BCUT2D eigenvalue weighted by molar-refractivity contribution is 4.96. The highest BCUT2D eigenvalue weighted by atomic mass is 16.2. The van der Waals surface area contributed by atoms with Crippen LogP contribution < -0.4 is 0 Å². The summed E-state index contributed by atoms with van der Waals surface area (Å²) < 4.78 is 0. The first-order valence-electron chi connectivity index (χ1n) is 7.80. The van der Waals surface area contributed by atoms with Crippen LogP contribution in [-0.2, 0) is 0 Å². The Morgan fingerprint density at radius 1 is 0.667 bits per heavy atom. The fourth-order valence-electron chi connectivity index (χ4n) is 2.16. The number of rotatable bonds is 14. The van der Waals surface area contributed by atoms with Crippen molar-refractivity contribution in [3.05, 3.63) is 24.8 Å². The zero-order chi connectivity index (χ0) is 13.3. The second kappa shape index (κ2) is 16.4. The lowest BCUT2D eigenvalue weighted by molar-refractivity contribution is 0.282. The molecule has 0 aromatic carbocycles. The predicted octanol–water partition coefficient (Wildman–Crippen LogP) is 5.40. The first-order chi connectivity index (χ1) is 8.91. The summed E-state index contributed by atoms with van der Waals surface area (Å²) >= 11 is 0. The van der Waals surface area contributed by atoms with Crippen LogP contribution >= 0.6 is 0 Å². The molecule has 0 amide bonds. The molecule has 0 spiro atoms. The van der Waals surface area contributed by atoms with Crippen LogP contribution in [0.3, 0.4) is 0 Å². The molecular weight excluding hydrogens is 220 g/mol. The van der Waals surface area contributed by atoms with Crippen molar-refractivity contribution < 1.29 is 5.11 Å². The van der Waals surface area contributed by atoms with E-state index in [0.29, 0.717) is 6.61 Å². The molecule has 0 saturated heterocycles. The summed E-state index contributed by atoms with van der Waals surface area (Å²) in [5, 5.41) is 8.65. The quantitative estimate of drug-likeness (QED) is 0.324. The van der Waals surface area contributed by atoms with Gasteiger partial charge in [-0.15, -0.1) is 0 Å². The van der Waals surface area contributed by atoms with Crippen molar-refractivity contribution in [1.29, 1.82) is 0 Å². The van der Waals surface area contributed by atoms with Crippen LogP contribution in [0.25, 0.3) is 0 Å². The van der Waals surface area contributed by atoms with Gasteiger partial charge in [0.05, 0.1) is 0 Å². The lowest BCUT2D eigenvalue weighted by Gasteiger charge is -2.02. The van der Waals surface area contributed by atoms with E-state index < -0.39 is 0 Å². The molecule has 0 aromatic heterocycles. The van der Waals surface area contributed by atoms with Gasteiger partial charge in [-0.05, 0) is 19.3 Å². The van der Waals surface area contributed by atoms with E-state index in [1.807, 2.05) is 12.2 Å². The van der Waals surface area contributed by atoms with Gasteiger partial charge in [-0.3, -0.25) is 0 Å². The summed E-state index contributed by atoms with van der Waals surface area (Å²) in [5.74, 6) is 0. The average Bonchev–Trinajstić information content (AvgIpc) is 2.39. The molecule has 0 fully saturated rings. The smallest absolute Gasteiger partial charge is 0.0431 e. The molecule has 0 bridgehead atoms. The number of aliphatic hydroxyl groups excluding tert-OH is 1. The third kappa shape index (κ3) is 15.4. The van der Waals surface area contributed by atoms with E-state index in [9.17, 15) is 0 Å². The largest absolute Gasteiger partial charge is 0.396 e. The van der Waals surface area contributed by atoms with Gasteiger partial charge in [-0.2, -0.15) is 0 Å². The maximum atomic E-state index is 8.65. The Balaban J connectivity index is 2.94. The molecule has 0 heterocycles. The molecule has 0 aliphatic carbocycles. The molecule has 1 N–H and O–H groups in total. The van der Waals surface area contributed by atoms with E-state index in [-0.39, 0.29) is 0 Å². The van der Waals surface area contributed by atoms with Crippen molar-refractivity contribution in [2.75, 3.05) is 6.61 Å². The summed E-state index contributed by atoms with van der Waals surface area (Å²) in [4.78, 5) is 0. The van der Waals surface area contributed by atoms with Crippen molar-refractivity contribution in [2.45, 2.75) is 77.0 Å². The van der Waals surface area contributed by atoms with Crippen molar-refractivity contribution in [1.82, 2.24) is 0 Å². The minimum absolute atomic E-state index is 0.363. The molecule has 0 aromatic rings. The molecule has 1 heteroatoms. The molecular formula is C17H32O. The number of hydrogen-bond acceptors (Lipinski definition) is 1. The SMILES string of the molecule is C=C/C=C/CCCCCCCCCCCCCO. The molecule has 0 aliphatic heterocycles. The summed E-state index contributed by atoms with van der Waals surface area (Å²) in [6.45, 7) is 4.02. The zero-order valence-electron chi connectivity index (χ0n) is 12.1. The molecule has 18 heavy (non-hydrogen) atoms. The van der Waals surface area contributed by atoms with Crippen LogP contribution in [0, 0.1) is 0 Å². The van der Waals surface area contributed by atoms with Crippen LogP contribution in [0.4, 0.5) is 0 Å². The zero-order valence-corrected chi connectivity index (χ0v) is 12.1. The Morgan fingerprint density at radius 2 is 1.11 bits per heavy atom. The predicted molar refractivity (Wildman–Crippen MR) is 81.8 cm³/mol. The Kier molecular flexibility index (Phi) is 15.9. The highest BCUT2D eigenvalue weighted by Crippen LogP contribution is 2.11. The van der Waals surface area contributed by atoms with Crippen molar-refractivity contribution >= 4 is 0 Å². The number of unbranched alkanes of at least 4 members (excludes halogenated alkanes) is 11. The Morgan fingerprint density at radius 3 is 1.56 bits per heavy atom. The molecule has 0 atom stereocenters. The fraction of sp³-hybridized carbons (Fsp3) is 0.765. The van der Waals surface area contributed by atoms with E-state index in [2.05, 4.69) is 12.7 Å². The van der Waals surface area contributed by atoms with E-state index in [0.717, 1.165) is 6.42 Å². The molecule has 0 saturated carbocycles. The van der Waals surface area contributed by atoms with Gasteiger partial charge in [0.25, 0.3) is 0 Å². The van der Waals surface area contributed by atoms with Crippen LogP contribution in [0.1, 0.15) is 77.0 Å². The highest BCUT2D eigenvalue weighted by Gasteiger charge is 1.92. The number of allylic oxidation sites excluding steroid dienone is 3. The minimum atomic E-state index is 0.363. The van der Waals surface area contributed by atoms with Gasteiger partial charge >= 0.3 is 0 Å². The second-order valence-electron chi connectivity index (χ2n) is 5.07. The minimum Gasteiger partial charge on any atom is -0.396 e. The van der Waals surface area contributed by atoms with Gasteiger partial charge < -0.3 is 5.11 Å². The molecule has 0 aliphatic rings. The van der Waals surface area contributed by atoms with Gasteiger partial charge in [-0.25, -0.2) is 0 Å². The number of aliphatic hydroxyl groups is 1. The van der Waals surface area contributed by atoms with Crippen LogP contribution in [0.15, 0.2) is 24.8 Å². The van der Waals surface area contributed by atoms with Crippen LogP contribution in [-0.4, -0.2) is 11.7 Å². The van der Waals surface area contributed by atoms with Gasteiger partial charge in [0.1, 0.15) is 0 Å². The van der Waals surface area contributed by atoms with E-state index in [1.165, 1.54) is 70.6 Å². The van der Waals surface area contributed by atoms with Gasteiger partial charge in [-0.1, -0.05) is 82.6 Å². The van der Waals surface area contributed by atoms with Gasteiger partial charge in [0, 0.05) is 6.61 Å². The molecule has 106 valence electrons. The average molecular weight is 252 g/mol. The molecule has 0 unspecified atom stereocenters. The van der Waals surface area contributed by atoms with Crippen LogP contribution in [0.2, 0.25) is 0 Å². The van der Waals surface area contributed by atoms with E-state index >= 15 is 0 Å². The van der Waals surface area contributed by atoms with E-state index in [4.69, 9.17) is 5.11 Å². The third-order valence-corrected chi connectivity index (χ3v) is 3.30. The molecule has 0 rings (SSSR count). The topological polar surface area (TPSA) is 20.2 Å². The summed E-state index contributed by atoms with van der Waals surface area (Å²) in [7, 11) is 0. The first-order valence-corrected chi connectivity index (χ1v) is 7.80. The summed E-state index contributed by atoms with van der Waals surface area (Å²) in [6, 6.07) is 0. The van der Waals surface area contributed by atoms with Crippen molar-refractivity contribution in [3.63, 3.8) is 0 Å². The Hall–Kier alpha value is -0.560. The summed E-state index contributed by atoms with van der Waals surface area (Å²) in [5.41, 5.74) is 0. The Labute approximate surface area is 114 Å². The van der Waals surface area contributed by atoms with Gasteiger partial charge in [0.2, 0.25) is 0 Å². The Bertz CT molecular complexity index is 184.